The molecule has 0 saturated carbocycles. The largest absolute Gasteiger partial charge is 0.503 e. The first-order valence-electron chi connectivity index (χ1n) is 17.3. The van der Waals surface area contributed by atoms with Crippen molar-refractivity contribution in [2.45, 2.75) is 77.8 Å². The summed E-state index contributed by atoms with van der Waals surface area (Å²) in [6, 6.07) is 6.40. The van der Waals surface area contributed by atoms with E-state index in [1.165, 1.54) is 4.90 Å². The second kappa shape index (κ2) is 14.9. The Balaban J connectivity index is 0.968. The van der Waals surface area contributed by atoms with Crippen LogP contribution in [-0.4, -0.2) is 87.4 Å². The molecule has 6 rings (SSSR count). The van der Waals surface area contributed by atoms with Crippen molar-refractivity contribution in [3.63, 3.8) is 0 Å². The molecule has 1 unspecified atom stereocenters. The number of fused-ring (bicyclic) bond motifs is 1. The quantitative estimate of drug-likeness (QED) is 0.185. The van der Waals surface area contributed by atoms with Crippen molar-refractivity contribution in [1.82, 2.24) is 20.1 Å². The van der Waals surface area contributed by atoms with Crippen molar-refractivity contribution >= 4 is 54.3 Å². The average Bonchev–Trinajstić information content (AvgIpc) is 3.73. The molecule has 3 N–H and O–H groups in total. The normalized spacial score (nSPS) is 20.4. The molecular weight excluding hydrogens is 645 g/mol. The number of imide groups is 1. The first-order valence-corrected chi connectivity index (χ1v) is 17.3. The smallest absolute Gasteiger partial charge is 0.299 e. The lowest BCUT2D eigenvalue weighted by molar-refractivity contribution is -0.451. The van der Waals surface area contributed by atoms with Crippen LogP contribution < -0.4 is 10.6 Å². The number of aryl methyl sites for hydroxylation is 2. The van der Waals surface area contributed by atoms with Crippen LogP contribution in [0.4, 0.5) is 14.3 Å². The molecule has 1 atom stereocenters. The molecule has 4 aliphatic heterocycles. The topological polar surface area (TPSA) is 135 Å². The highest BCUT2D eigenvalue weighted by Gasteiger charge is 2.40. The summed E-state index contributed by atoms with van der Waals surface area (Å²) in [5.41, 5.74) is 5.90. The van der Waals surface area contributed by atoms with E-state index in [0.29, 0.717) is 54.2 Å². The monoisotopic (exact) mass is 687 g/mol. The lowest BCUT2D eigenvalue weighted by Crippen LogP contribution is -2.52. The summed E-state index contributed by atoms with van der Waals surface area (Å²) >= 11 is 0. The van der Waals surface area contributed by atoms with E-state index >= 15 is 0 Å². The van der Waals surface area contributed by atoms with Crippen LogP contribution in [0.15, 0.2) is 42.1 Å². The number of allylic oxidation sites excluding steroid dienone is 2. The highest BCUT2D eigenvalue weighted by Crippen LogP contribution is 2.33. The zero-order valence-electron chi connectivity index (χ0n) is 28.4. The predicted molar refractivity (Wildman–Crippen MR) is 184 cm³/mol. The maximum absolute atomic E-state index is 13.5. The number of rotatable bonds is 11. The molecule has 1 aromatic carbocycles. The van der Waals surface area contributed by atoms with Crippen molar-refractivity contribution in [1.29, 1.82) is 0 Å². The van der Waals surface area contributed by atoms with Crippen LogP contribution in [0.25, 0.3) is 6.08 Å². The van der Waals surface area contributed by atoms with Crippen molar-refractivity contribution in [3.05, 3.63) is 70.2 Å². The van der Waals surface area contributed by atoms with Gasteiger partial charge in [-0.3, -0.25) is 29.3 Å². The Morgan fingerprint density at radius 1 is 1.08 bits per heavy atom. The van der Waals surface area contributed by atoms with Crippen LogP contribution in [0, 0.1) is 19.8 Å². The first-order chi connectivity index (χ1) is 24.0. The van der Waals surface area contributed by atoms with Crippen molar-refractivity contribution < 1.29 is 37.2 Å². The number of nitrogens with one attached hydrogen (secondary N) is 3. The number of carbonyl (C=O) groups is 5. The number of piperidine rings is 2. The van der Waals surface area contributed by atoms with Crippen LogP contribution in [0.1, 0.15) is 84.2 Å². The number of likely N-dealkylation sites (tertiary alicyclic amines) is 1. The fraction of sp³-hybridized carbons (Fsp3) is 0.444. The Hall–Kier alpha value is -4.88. The van der Waals surface area contributed by atoms with E-state index in [9.17, 15) is 32.6 Å². The number of anilines is 1. The zero-order valence-corrected chi connectivity index (χ0v) is 28.4. The molecule has 1 aromatic heterocycles. The molecule has 11 nitrogen and oxygen atoms in total. The van der Waals surface area contributed by atoms with Crippen molar-refractivity contribution in [2.75, 3.05) is 24.9 Å². The predicted octanol–water partition coefficient (Wildman–Crippen LogP) is 4.16. The lowest BCUT2D eigenvalue weighted by atomic mass is 9.91. The number of benzene rings is 1. The molecule has 50 heavy (non-hydrogen) atoms. The van der Waals surface area contributed by atoms with E-state index in [4.69, 9.17) is 0 Å². The van der Waals surface area contributed by atoms with Crippen LogP contribution in [0.3, 0.4) is 0 Å². The number of halogens is 2. The minimum absolute atomic E-state index is 0.00816. The number of carbonyl (C=O) groups excluding carboxylic acids is 5. The van der Waals surface area contributed by atoms with E-state index < -0.39 is 25.7 Å². The van der Waals surface area contributed by atoms with E-state index in [0.717, 1.165) is 29.8 Å². The number of aromatic nitrogens is 1. The Morgan fingerprint density at radius 3 is 2.56 bits per heavy atom. The molecule has 2 aromatic rings. The summed E-state index contributed by atoms with van der Waals surface area (Å²) in [5, 5.41) is 5.25. The van der Waals surface area contributed by atoms with Crippen molar-refractivity contribution in [3.8, 4) is 0 Å². The minimum Gasteiger partial charge on any atom is -0.503 e. The summed E-state index contributed by atoms with van der Waals surface area (Å²) in [7, 11) is -2.52. The van der Waals surface area contributed by atoms with E-state index in [1.807, 2.05) is 43.0 Å². The van der Waals surface area contributed by atoms with Gasteiger partial charge in [0.2, 0.25) is 29.3 Å². The van der Waals surface area contributed by atoms with Gasteiger partial charge in [-0.2, -0.15) is 0 Å². The fourth-order valence-electron chi connectivity index (χ4n) is 7.39. The third kappa shape index (κ3) is 7.79. The minimum atomic E-state index is -2.52. The molecule has 0 aliphatic carbocycles. The Kier molecular flexibility index (Phi) is 10.4. The van der Waals surface area contributed by atoms with Gasteiger partial charge in [-0.05, 0) is 69.2 Å². The molecule has 5 heterocycles. The standard InChI is InChI=1S/C36H41BF2N6O5/c1-22-18-23(2)40-30(22)19-26-8-7-25(45(26)21-37(38)39)9-13-34(48)43-16-14-24(15-17-43)6-11-32(46)41-29-5-3-4-27-28(29)20-44(36(27)50)31-10-12-33(47)42-35(31)49/h3-5,7-8,18-19,24,31H,6,9-17,20-21H2,1-2H3,(H2,41,42,46,47,49)/q-1/p+1. The molecular formula is C36H42BF2N6O5. The van der Waals surface area contributed by atoms with Gasteiger partial charge in [0.1, 0.15) is 6.04 Å². The number of hydrogen-bond donors (Lipinski definition) is 3. The van der Waals surface area contributed by atoms with Gasteiger partial charge >= 0.3 is 0 Å². The Labute approximate surface area is 290 Å². The molecule has 0 spiro atoms. The Morgan fingerprint density at radius 2 is 1.86 bits per heavy atom. The second-order valence-electron chi connectivity index (χ2n) is 13.6. The summed E-state index contributed by atoms with van der Waals surface area (Å²) < 4.78 is 28.6. The Bertz CT molecular complexity index is 1810. The van der Waals surface area contributed by atoms with E-state index in [-0.39, 0.29) is 61.8 Å². The molecule has 4 aliphatic rings. The molecule has 2 saturated heterocycles. The van der Waals surface area contributed by atoms with Crippen molar-refractivity contribution in [2.24, 2.45) is 5.92 Å². The van der Waals surface area contributed by atoms with Crippen LogP contribution in [0.5, 0.6) is 0 Å². The lowest BCUT2D eigenvalue weighted by Gasteiger charge is -2.32. The van der Waals surface area contributed by atoms with Gasteiger partial charge in [0.15, 0.2) is 5.71 Å². The number of H-pyrrole nitrogens is 1. The van der Waals surface area contributed by atoms with E-state index in [1.54, 1.807) is 22.8 Å². The number of hydrogen-bond acceptors (Lipinski definition) is 5. The van der Waals surface area contributed by atoms with Gasteiger partial charge in [-0.25, -0.2) is 4.58 Å². The van der Waals surface area contributed by atoms with Gasteiger partial charge < -0.3 is 28.7 Å². The molecule has 263 valence electrons. The van der Waals surface area contributed by atoms with Gasteiger partial charge in [-0.1, -0.05) is 6.07 Å². The van der Waals surface area contributed by atoms with Gasteiger partial charge in [0.25, 0.3) is 13.2 Å². The van der Waals surface area contributed by atoms with Crippen LogP contribution >= 0.6 is 0 Å². The average molecular weight is 688 g/mol. The van der Waals surface area contributed by atoms with Crippen LogP contribution in [0.2, 0.25) is 0 Å². The number of nitrogens with zero attached hydrogens (tertiary/aromatic N) is 3. The third-order valence-corrected chi connectivity index (χ3v) is 10.1. The first kappa shape index (κ1) is 35.0. The summed E-state index contributed by atoms with van der Waals surface area (Å²) in [6.45, 7) is 5.25. The molecule has 5 amide bonds. The molecule has 0 bridgehead atoms. The summed E-state index contributed by atoms with van der Waals surface area (Å²) in [6.07, 6.45) is 8.57. The van der Waals surface area contributed by atoms with Gasteiger partial charge in [-0.15, -0.1) is 0 Å². The SMILES string of the molecule is Cc1cc(C)c(/C=C2/C=CC(CCC(=O)N3CCC(CCC(=O)Nc4cccc5c4CN(C4CCC(=O)NC4=O)C5=O)CC3)=[N+]2C[B-](F)F)[nH]1. The highest BCUT2D eigenvalue weighted by molar-refractivity contribution is 6.42. The summed E-state index contributed by atoms with van der Waals surface area (Å²) in [5.74, 6) is -1.03. The van der Waals surface area contributed by atoms with Gasteiger partial charge in [0, 0.05) is 91.7 Å². The number of amides is 5. The summed E-state index contributed by atoms with van der Waals surface area (Å²) in [4.78, 5) is 69.7. The van der Waals surface area contributed by atoms with E-state index in [2.05, 4.69) is 15.6 Å². The molecule has 1 radical (unpaired) electrons. The fourth-order valence-corrected chi connectivity index (χ4v) is 7.39. The molecule has 2 fully saturated rings. The maximum atomic E-state index is 13.5. The highest BCUT2D eigenvalue weighted by atomic mass is 19.2. The number of aromatic amines is 1. The molecule has 14 heteroatoms. The van der Waals surface area contributed by atoms with Crippen LogP contribution in [-0.2, 0) is 25.7 Å². The van der Waals surface area contributed by atoms with Gasteiger partial charge in [0.05, 0.1) is 6.44 Å². The third-order valence-electron chi connectivity index (χ3n) is 10.1. The maximum Gasteiger partial charge on any atom is 0.299 e. The second-order valence-corrected chi connectivity index (χ2v) is 13.6. The zero-order chi connectivity index (χ0) is 35.5.